The average molecular weight is 1470 g/mol. The molecule has 568 valence electrons. The molecule has 0 unspecified atom stereocenters. The number of hydrogen-bond donors (Lipinski definition) is 3. The maximum Gasteiger partial charge on any atom is 0.307 e. The van der Waals surface area contributed by atoms with E-state index in [-0.39, 0.29) is 38.6 Å². The van der Waals surface area contributed by atoms with Gasteiger partial charge in [0.2, 0.25) is 23.2 Å². The fourth-order valence-corrected chi connectivity index (χ4v) is 13.1. The number of aliphatic carboxylic acids is 2. The van der Waals surface area contributed by atoms with E-state index in [1.165, 1.54) is 46.4 Å². The van der Waals surface area contributed by atoms with Crippen LogP contribution >= 0.6 is 12.4 Å². The minimum Gasteiger partial charge on any atom is -0.497 e. The van der Waals surface area contributed by atoms with E-state index in [1.54, 1.807) is 76.1 Å². The zero-order valence-corrected chi connectivity index (χ0v) is 64.1. The molecule has 22 nitrogen and oxygen atoms in total. The highest BCUT2D eigenvalue weighted by Gasteiger charge is 2.33. The summed E-state index contributed by atoms with van der Waals surface area (Å²) in [6, 6.07) is 29.6. The van der Waals surface area contributed by atoms with Gasteiger partial charge in [-0.05, 0) is 243 Å². The van der Waals surface area contributed by atoms with Crippen molar-refractivity contribution in [1.82, 2.24) is 20.0 Å². The fraction of sp³-hybridized carbons (Fsp3) is 0.390. The van der Waals surface area contributed by atoms with E-state index in [0.29, 0.717) is 75.5 Å². The van der Waals surface area contributed by atoms with Crippen LogP contribution in [0.15, 0.2) is 108 Å². The Balaban J connectivity index is 0.000000254. The smallest absolute Gasteiger partial charge is 0.307 e. The van der Waals surface area contributed by atoms with Crippen molar-refractivity contribution in [3.05, 3.63) is 158 Å². The van der Waals surface area contributed by atoms with Crippen LogP contribution in [0.4, 0.5) is 0 Å². The second-order valence-corrected chi connectivity index (χ2v) is 25.3. The molecule has 23 heteroatoms. The monoisotopic (exact) mass is 1470 g/mol. The number of allylic oxidation sites excluding steroid dienone is 5. The third-order valence-electron chi connectivity index (χ3n) is 18.8. The van der Waals surface area contributed by atoms with Crippen LogP contribution < -0.4 is 62.2 Å². The van der Waals surface area contributed by atoms with Crippen molar-refractivity contribution in [3.63, 3.8) is 0 Å². The van der Waals surface area contributed by atoms with Crippen LogP contribution in [-0.4, -0.2) is 201 Å². The number of rotatable bonds is 23. The number of nitrogens with zero attached hydrogens (tertiary/aromatic N) is 3. The summed E-state index contributed by atoms with van der Waals surface area (Å²) in [5.74, 6) is 5.56. The molecule has 3 aliphatic carbocycles. The van der Waals surface area contributed by atoms with Gasteiger partial charge < -0.3 is 87.1 Å². The summed E-state index contributed by atoms with van der Waals surface area (Å²) in [4.78, 5) is 52.7. The molecule has 2 saturated heterocycles. The lowest BCUT2D eigenvalue weighted by Crippen LogP contribution is -2.34. The maximum absolute atomic E-state index is 13.4. The molecule has 105 heavy (non-hydrogen) atoms. The summed E-state index contributed by atoms with van der Waals surface area (Å²) in [6.07, 6.45) is 8.40. The normalized spacial score (nSPS) is 15.7. The van der Waals surface area contributed by atoms with Gasteiger partial charge in [-0.3, -0.25) is 19.2 Å². The Hall–Kier alpha value is -10.1. The highest BCUT2D eigenvalue weighted by atomic mass is 35.5. The number of carboxylic acids is 2. The number of carboxylic acid groups (broad SMARTS) is 2. The van der Waals surface area contributed by atoms with E-state index in [0.717, 1.165) is 133 Å². The summed E-state index contributed by atoms with van der Waals surface area (Å²) in [6.45, 7) is 9.96. The number of amides is 1. The topological polar surface area (TPSA) is 241 Å². The van der Waals surface area contributed by atoms with Crippen LogP contribution in [0.5, 0.6) is 69.0 Å². The zero-order valence-electron chi connectivity index (χ0n) is 63.3. The number of halogens is 1. The minimum atomic E-state index is -0.873. The van der Waals surface area contributed by atoms with Gasteiger partial charge in [-0.25, -0.2) is 0 Å². The van der Waals surface area contributed by atoms with Crippen molar-refractivity contribution in [1.29, 1.82) is 0 Å². The zero-order chi connectivity index (χ0) is 75.4. The lowest BCUT2D eigenvalue weighted by Gasteiger charge is -2.21. The molecular formula is C82H105ClN4O18. The number of likely N-dealkylation sites (tertiary alicyclic amines) is 1. The van der Waals surface area contributed by atoms with Gasteiger partial charge in [0.15, 0.2) is 34.5 Å². The molecule has 0 bridgehead atoms. The third kappa shape index (κ3) is 20.9. The van der Waals surface area contributed by atoms with Gasteiger partial charge in [0, 0.05) is 37.3 Å². The van der Waals surface area contributed by atoms with Crippen molar-refractivity contribution >= 4 is 76.6 Å². The number of methoxy groups -OCH3 is 12. The third-order valence-corrected chi connectivity index (χ3v) is 18.8. The largest absolute Gasteiger partial charge is 0.497 e. The summed E-state index contributed by atoms with van der Waals surface area (Å²) in [5, 5.41) is 21.6. The number of ether oxygens (including phenoxy) is 12. The van der Waals surface area contributed by atoms with Crippen molar-refractivity contribution in [2.24, 2.45) is 0 Å². The van der Waals surface area contributed by atoms with E-state index in [4.69, 9.17) is 61.9 Å². The Bertz CT molecular complexity index is 4130. The Morgan fingerprint density at radius 3 is 1.19 bits per heavy atom. The van der Waals surface area contributed by atoms with E-state index in [1.807, 2.05) is 97.6 Å². The molecule has 1 amide bonds. The molecule has 5 aliphatic rings. The van der Waals surface area contributed by atoms with Crippen LogP contribution in [0.2, 0.25) is 0 Å². The Morgan fingerprint density at radius 1 is 0.476 bits per heavy atom. The molecule has 3 N–H and O–H groups in total. The molecule has 6 aromatic carbocycles. The fourth-order valence-electron chi connectivity index (χ4n) is 13.1. The van der Waals surface area contributed by atoms with Crippen LogP contribution in [0.1, 0.15) is 115 Å². The molecule has 2 fully saturated rings. The maximum atomic E-state index is 13.4. The molecule has 0 saturated carbocycles. The highest BCUT2D eigenvalue weighted by Crippen LogP contribution is 2.49. The Labute approximate surface area is 625 Å². The summed E-state index contributed by atoms with van der Waals surface area (Å²) >= 11 is 0. The molecule has 0 radical (unpaired) electrons. The van der Waals surface area contributed by atoms with Crippen LogP contribution in [0.3, 0.4) is 0 Å². The molecule has 0 aromatic heterocycles. The van der Waals surface area contributed by atoms with E-state index >= 15 is 0 Å². The van der Waals surface area contributed by atoms with Crippen molar-refractivity contribution in [3.8, 4) is 69.0 Å². The molecule has 0 spiro atoms. The number of aldehydes is 1. The van der Waals surface area contributed by atoms with E-state index < -0.39 is 11.9 Å². The van der Waals surface area contributed by atoms with Gasteiger partial charge in [0.25, 0.3) is 0 Å². The second kappa shape index (κ2) is 40.2. The molecular weight excluding hydrogens is 1360 g/mol. The number of benzene rings is 6. The average Bonchev–Trinajstić information content (AvgIpc) is 1.62. The quantitative estimate of drug-likeness (QED) is 0.0505. The molecule has 2 aliphatic heterocycles. The molecule has 11 rings (SSSR count). The summed E-state index contributed by atoms with van der Waals surface area (Å²) in [7, 11) is 27.3. The van der Waals surface area contributed by atoms with Gasteiger partial charge >= 0.3 is 11.9 Å². The van der Waals surface area contributed by atoms with E-state index in [9.17, 15) is 24.3 Å². The number of fused-ring (bicyclic) bond motifs is 3. The first-order chi connectivity index (χ1) is 49.4. The first kappa shape index (κ1) is 85.5. The van der Waals surface area contributed by atoms with Crippen LogP contribution in [-0.2, 0) is 20.8 Å². The standard InChI is InChI=1S/C29H36N2O5.C23H24O6.C13H14O3.C10H12O4.C6H14N2.CH4.ClH/c1-18-23(12-19-13-26(34-5)29(36-7)27(14-19)35-6)22-9-8-21(33-4)15-25(22)24(18)16-28(32)31-11-10-20(17-31)30(2)3;1-13-17(8-14-9-20(27-3)23(29-5)21(10-14)28-4)16-7-6-15(26-2)11-19(16)18(13)12-22(24)25;1-8-5-9-3-4-10(16-2)6-12(9)11(8)7-13(14)15;1-12-8-4-7(6-11)5-9(13-2)10(8)14-3;1-8(2)6-3-4-7-5-6;;/h8-9,12-15,20H,10-11,16-17H2,1-7H3;6-11H,12H2,1-5H3,(H,24,25);3-4,6H,5,7H2,1-2H3,(H,14,15);4-6H,1-3H3;6-7H,3-5H2,1-2H3;1H4;1H/b23-12-;17-8-;;;;;/t20-;;;;6-;;/m1...1../s1. The number of carbonyl (C=O) groups is 4. The van der Waals surface area contributed by atoms with Crippen molar-refractivity contribution in [2.75, 3.05) is 140 Å². The summed E-state index contributed by atoms with van der Waals surface area (Å²) < 4.78 is 64.1. The number of likely N-dealkylation sites (N-methyl/N-ethyl adjacent to an activating group) is 2. The molecule has 6 aromatic rings. The van der Waals surface area contributed by atoms with Crippen LogP contribution in [0.25, 0.3) is 40.0 Å². The Morgan fingerprint density at radius 2 is 0.857 bits per heavy atom. The van der Waals surface area contributed by atoms with Gasteiger partial charge in [0.05, 0.1) is 105 Å². The molecule has 2 atom stereocenters. The Kier molecular flexibility index (Phi) is 32.8. The lowest BCUT2D eigenvalue weighted by atomic mass is 10.00. The minimum absolute atomic E-state index is 0. The predicted molar refractivity (Wildman–Crippen MR) is 417 cm³/mol. The number of hydrogen-bond acceptors (Lipinski definition) is 19. The highest BCUT2D eigenvalue weighted by molar-refractivity contribution is 6.09. The first-order valence-electron chi connectivity index (χ1n) is 33.6. The van der Waals surface area contributed by atoms with Gasteiger partial charge in [-0.2, -0.15) is 0 Å². The van der Waals surface area contributed by atoms with Crippen molar-refractivity contribution in [2.45, 2.75) is 78.8 Å². The van der Waals surface area contributed by atoms with Gasteiger partial charge in [-0.15, -0.1) is 12.4 Å². The SMILES string of the molecule is C.CN(C)[C@@H]1CCNC1.COc1cc(C=O)cc(OC)c1OC.COc1ccc2c(c1)C(CC(=O)N1CC[C@@H](N(C)C)C1)=C(C)/C2=C/c1cc(OC)c(OC)c(OC)c1.COc1ccc2c(c1)C(CC(=O)O)=C(C)/C2=C/c1cc(OC)c(OC)c(OC)c1.COc1ccc2c(c1)C(CC(=O)O)=C(C)C2.Cl. The predicted octanol–water partition coefficient (Wildman–Crippen LogP) is 14.1. The second-order valence-electron chi connectivity index (χ2n) is 25.3. The lowest BCUT2D eigenvalue weighted by molar-refractivity contribution is -0.136. The summed E-state index contributed by atoms with van der Waals surface area (Å²) in [5.41, 5.74) is 16.4. The van der Waals surface area contributed by atoms with Gasteiger partial charge in [0.1, 0.15) is 23.5 Å². The molecule has 2 heterocycles. The van der Waals surface area contributed by atoms with Crippen LogP contribution in [0, 0.1) is 0 Å². The number of nitrogens with one attached hydrogen (secondary N) is 1. The van der Waals surface area contributed by atoms with E-state index in [2.05, 4.69) is 62.4 Å². The van der Waals surface area contributed by atoms with Crippen molar-refractivity contribution < 1.29 is 86.2 Å². The first-order valence-corrected chi connectivity index (χ1v) is 33.6. The van der Waals surface area contributed by atoms with Gasteiger partial charge in [-0.1, -0.05) is 31.2 Å². The number of carbonyl (C=O) groups excluding carboxylic acids is 2.